The Morgan fingerprint density at radius 3 is 3.00 bits per heavy atom. The number of pyridine rings is 1. The SMILES string of the molecule is COC(=O)c1cc(N(CCO)C2CC2)ccn1. The maximum atomic E-state index is 11.4. The van der Waals surface area contributed by atoms with E-state index in [1.54, 1.807) is 12.3 Å². The van der Waals surface area contributed by atoms with E-state index < -0.39 is 5.97 Å². The van der Waals surface area contributed by atoms with E-state index in [-0.39, 0.29) is 6.61 Å². The molecule has 1 N–H and O–H groups in total. The molecule has 1 fully saturated rings. The molecule has 1 aromatic rings. The number of aromatic nitrogens is 1. The number of hydrogen-bond acceptors (Lipinski definition) is 5. The third-order valence-corrected chi connectivity index (χ3v) is 2.80. The van der Waals surface area contributed by atoms with Gasteiger partial charge in [-0.3, -0.25) is 0 Å². The average molecular weight is 236 g/mol. The van der Waals surface area contributed by atoms with Crippen molar-refractivity contribution in [1.82, 2.24) is 4.98 Å². The molecule has 5 heteroatoms. The highest BCUT2D eigenvalue weighted by Gasteiger charge is 2.29. The van der Waals surface area contributed by atoms with Gasteiger partial charge in [0.1, 0.15) is 5.69 Å². The van der Waals surface area contributed by atoms with Crippen LogP contribution in [0.3, 0.4) is 0 Å². The zero-order valence-corrected chi connectivity index (χ0v) is 9.80. The standard InChI is InChI=1S/C12H16N2O3/c1-17-12(16)11-8-10(4-5-13-11)14(6-7-15)9-2-3-9/h4-5,8-9,15H,2-3,6-7H2,1H3. The summed E-state index contributed by atoms with van der Waals surface area (Å²) in [5.41, 5.74) is 1.21. The van der Waals surface area contributed by atoms with E-state index in [0.717, 1.165) is 18.5 Å². The summed E-state index contributed by atoms with van der Waals surface area (Å²) in [7, 11) is 1.34. The Bertz CT molecular complexity index is 404. The Labute approximate surface area is 100 Å². The van der Waals surface area contributed by atoms with Crippen molar-refractivity contribution in [2.24, 2.45) is 0 Å². The zero-order chi connectivity index (χ0) is 12.3. The molecule has 1 heterocycles. The van der Waals surface area contributed by atoms with E-state index in [4.69, 9.17) is 5.11 Å². The molecule has 0 radical (unpaired) electrons. The van der Waals surface area contributed by atoms with Crippen molar-refractivity contribution in [3.63, 3.8) is 0 Å². The molecule has 1 aromatic heterocycles. The lowest BCUT2D eigenvalue weighted by molar-refractivity contribution is 0.0594. The number of hydrogen-bond donors (Lipinski definition) is 1. The monoisotopic (exact) mass is 236 g/mol. The number of esters is 1. The van der Waals surface area contributed by atoms with Crippen LogP contribution in [0.15, 0.2) is 18.3 Å². The van der Waals surface area contributed by atoms with Gasteiger partial charge in [-0.2, -0.15) is 0 Å². The average Bonchev–Trinajstić information content (AvgIpc) is 3.19. The van der Waals surface area contributed by atoms with Crippen molar-refractivity contribution in [2.45, 2.75) is 18.9 Å². The molecule has 1 saturated carbocycles. The molecule has 0 spiro atoms. The summed E-state index contributed by atoms with van der Waals surface area (Å²) >= 11 is 0. The quantitative estimate of drug-likeness (QED) is 0.767. The highest BCUT2D eigenvalue weighted by atomic mass is 16.5. The van der Waals surface area contributed by atoms with Crippen molar-refractivity contribution >= 4 is 11.7 Å². The van der Waals surface area contributed by atoms with Crippen LogP contribution in [0.1, 0.15) is 23.3 Å². The molecular weight excluding hydrogens is 220 g/mol. The van der Waals surface area contributed by atoms with Crippen LogP contribution in [0.2, 0.25) is 0 Å². The summed E-state index contributed by atoms with van der Waals surface area (Å²) in [6.07, 6.45) is 3.86. The summed E-state index contributed by atoms with van der Waals surface area (Å²) in [5, 5.41) is 9.05. The van der Waals surface area contributed by atoms with E-state index in [9.17, 15) is 4.79 Å². The van der Waals surface area contributed by atoms with Crippen LogP contribution < -0.4 is 4.90 Å². The Morgan fingerprint density at radius 2 is 2.41 bits per heavy atom. The second-order valence-corrected chi connectivity index (χ2v) is 4.04. The van der Waals surface area contributed by atoms with Crippen LogP contribution in [0, 0.1) is 0 Å². The van der Waals surface area contributed by atoms with Gasteiger partial charge in [0.15, 0.2) is 0 Å². The number of nitrogens with zero attached hydrogens (tertiary/aromatic N) is 2. The number of ether oxygens (including phenoxy) is 1. The maximum Gasteiger partial charge on any atom is 0.356 e. The summed E-state index contributed by atoms with van der Waals surface area (Å²) in [5.74, 6) is -0.438. The molecule has 2 rings (SSSR count). The van der Waals surface area contributed by atoms with Crippen molar-refractivity contribution < 1.29 is 14.6 Å². The van der Waals surface area contributed by atoms with E-state index in [2.05, 4.69) is 14.6 Å². The zero-order valence-electron chi connectivity index (χ0n) is 9.80. The lowest BCUT2D eigenvalue weighted by Crippen LogP contribution is -2.29. The normalized spacial score (nSPS) is 14.5. The van der Waals surface area contributed by atoms with Gasteiger partial charge in [0.05, 0.1) is 13.7 Å². The van der Waals surface area contributed by atoms with Gasteiger partial charge in [0.25, 0.3) is 0 Å². The van der Waals surface area contributed by atoms with Crippen LogP contribution in [-0.2, 0) is 4.74 Å². The molecule has 0 amide bonds. The fraction of sp³-hybridized carbons (Fsp3) is 0.500. The van der Waals surface area contributed by atoms with Crippen LogP contribution in [0.25, 0.3) is 0 Å². The van der Waals surface area contributed by atoms with Gasteiger partial charge in [-0.05, 0) is 25.0 Å². The molecule has 1 aliphatic carbocycles. The first kappa shape index (κ1) is 11.9. The Balaban J connectivity index is 2.21. The highest BCUT2D eigenvalue weighted by molar-refractivity contribution is 5.88. The molecule has 5 nitrogen and oxygen atoms in total. The molecular formula is C12H16N2O3. The van der Waals surface area contributed by atoms with Crippen LogP contribution in [0.4, 0.5) is 5.69 Å². The van der Waals surface area contributed by atoms with Crippen LogP contribution in [-0.4, -0.2) is 42.4 Å². The maximum absolute atomic E-state index is 11.4. The first-order valence-electron chi connectivity index (χ1n) is 5.68. The fourth-order valence-corrected chi connectivity index (χ4v) is 1.83. The lowest BCUT2D eigenvalue weighted by atomic mass is 10.2. The number of aliphatic hydroxyl groups excluding tert-OH is 1. The minimum atomic E-state index is -0.438. The summed E-state index contributed by atoms with van der Waals surface area (Å²) in [6, 6.07) is 4.04. The second kappa shape index (κ2) is 5.14. The predicted octanol–water partition coefficient (Wildman–Crippen LogP) is 0.829. The number of rotatable bonds is 5. The van der Waals surface area contributed by atoms with Crippen LogP contribution in [0.5, 0.6) is 0 Å². The summed E-state index contributed by atoms with van der Waals surface area (Å²) in [4.78, 5) is 17.5. The molecule has 0 aromatic carbocycles. The van der Waals surface area contributed by atoms with Gasteiger partial charge >= 0.3 is 5.97 Å². The Kier molecular flexibility index (Phi) is 3.58. The fourth-order valence-electron chi connectivity index (χ4n) is 1.83. The molecule has 1 aliphatic rings. The number of carbonyl (C=O) groups is 1. The first-order chi connectivity index (χ1) is 8.26. The van der Waals surface area contributed by atoms with Crippen molar-refractivity contribution in [2.75, 3.05) is 25.2 Å². The van der Waals surface area contributed by atoms with Crippen LogP contribution >= 0.6 is 0 Å². The number of aliphatic hydroxyl groups is 1. The Hall–Kier alpha value is -1.62. The first-order valence-corrected chi connectivity index (χ1v) is 5.68. The topological polar surface area (TPSA) is 62.7 Å². The molecule has 17 heavy (non-hydrogen) atoms. The van der Waals surface area contributed by atoms with Gasteiger partial charge in [-0.1, -0.05) is 0 Å². The molecule has 0 atom stereocenters. The molecule has 0 bridgehead atoms. The third kappa shape index (κ3) is 2.74. The summed E-state index contributed by atoms with van der Waals surface area (Å²) < 4.78 is 4.64. The Morgan fingerprint density at radius 1 is 1.65 bits per heavy atom. The third-order valence-electron chi connectivity index (χ3n) is 2.80. The van der Waals surface area contributed by atoms with E-state index in [1.807, 2.05) is 6.07 Å². The van der Waals surface area contributed by atoms with Gasteiger partial charge in [0.2, 0.25) is 0 Å². The van der Waals surface area contributed by atoms with Gasteiger partial charge in [0, 0.05) is 24.5 Å². The van der Waals surface area contributed by atoms with Gasteiger partial charge in [-0.15, -0.1) is 0 Å². The molecule has 0 saturated heterocycles. The number of carbonyl (C=O) groups excluding carboxylic acids is 1. The van der Waals surface area contributed by atoms with E-state index in [0.29, 0.717) is 18.3 Å². The lowest BCUT2D eigenvalue weighted by Gasteiger charge is -2.23. The van der Waals surface area contributed by atoms with Crippen molar-refractivity contribution in [3.05, 3.63) is 24.0 Å². The minimum Gasteiger partial charge on any atom is -0.464 e. The highest BCUT2D eigenvalue weighted by Crippen LogP contribution is 2.31. The smallest absolute Gasteiger partial charge is 0.356 e. The minimum absolute atomic E-state index is 0.104. The van der Waals surface area contributed by atoms with Crippen molar-refractivity contribution in [1.29, 1.82) is 0 Å². The second-order valence-electron chi connectivity index (χ2n) is 4.04. The largest absolute Gasteiger partial charge is 0.464 e. The van der Waals surface area contributed by atoms with E-state index in [1.165, 1.54) is 7.11 Å². The van der Waals surface area contributed by atoms with Gasteiger partial charge in [-0.25, -0.2) is 9.78 Å². The van der Waals surface area contributed by atoms with Crippen molar-refractivity contribution in [3.8, 4) is 0 Å². The molecule has 0 aliphatic heterocycles. The molecule has 92 valence electrons. The number of anilines is 1. The summed E-state index contributed by atoms with van der Waals surface area (Å²) in [6.45, 7) is 0.682. The van der Waals surface area contributed by atoms with Gasteiger partial charge < -0.3 is 14.7 Å². The van der Waals surface area contributed by atoms with E-state index >= 15 is 0 Å². The predicted molar refractivity (Wildman–Crippen MR) is 63.0 cm³/mol. The number of methoxy groups -OCH3 is 1. The molecule has 0 unspecified atom stereocenters.